The maximum Gasteiger partial charge on any atom is 0.0619 e. The van der Waals surface area contributed by atoms with E-state index >= 15 is 0 Å². The topological polar surface area (TPSA) is 9.86 Å². The first kappa shape index (κ1) is 35.2. The van der Waals surface area contributed by atoms with Gasteiger partial charge in [0.05, 0.1) is 22.1 Å². The van der Waals surface area contributed by atoms with E-state index in [2.05, 4.69) is 240 Å². The first-order chi connectivity index (χ1) is 31.7. The summed E-state index contributed by atoms with van der Waals surface area (Å²) < 4.78 is 4.91. The molecule has 2 nitrogen and oxygen atoms in total. The lowest BCUT2D eigenvalue weighted by Crippen LogP contribution is -1.95. The van der Waals surface area contributed by atoms with Gasteiger partial charge in [-0.15, -0.1) is 0 Å². The molecule has 0 N–H and O–H groups in total. The van der Waals surface area contributed by atoms with Gasteiger partial charge in [0.1, 0.15) is 0 Å². The molecule has 0 aliphatic heterocycles. The average Bonchev–Trinajstić information content (AvgIpc) is 4.01. The Balaban J connectivity index is 0.917. The van der Waals surface area contributed by atoms with Crippen LogP contribution in [0.4, 0.5) is 0 Å². The molecule has 0 bridgehead atoms. The van der Waals surface area contributed by atoms with Crippen LogP contribution in [0.3, 0.4) is 0 Å². The van der Waals surface area contributed by atoms with Crippen LogP contribution in [0, 0.1) is 0 Å². The van der Waals surface area contributed by atoms with Crippen LogP contribution in [0.25, 0.3) is 132 Å². The molecular formula is C62H38N2. The first-order valence-electron chi connectivity index (χ1n) is 22.2. The van der Waals surface area contributed by atoms with Gasteiger partial charge < -0.3 is 9.13 Å². The van der Waals surface area contributed by atoms with Crippen molar-refractivity contribution in [3.8, 4) is 67.0 Å². The molecule has 64 heavy (non-hydrogen) atoms. The zero-order valence-electron chi connectivity index (χ0n) is 34.8. The summed E-state index contributed by atoms with van der Waals surface area (Å²) in [6.45, 7) is 0. The van der Waals surface area contributed by atoms with E-state index in [1.807, 2.05) is 0 Å². The van der Waals surface area contributed by atoms with E-state index in [4.69, 9.17) is 0 Å². The first-order valence-corrected chi connectivity index (χ1v) is 22.2. The molecule has 2 heterocycles. The molecule has 0 radical (unpaired) electrons. The molecule has 0 fully saturated rings. The number of hydrogen-bond acceptors (Lipinski definition) is 0. The van der Waals surface area contributed by atoms with Gasteiger partial charge in [-0.25, -0.2) is 0 Å². The summed E-state index contributed by atoms with van der Waals surface area (Å²) in [7, 11) is 0. The van der Waals surface area contributed by atoms with Crippen LogP contribution < -0.4 is 0 Å². The molecule has 2 heteroatoms. The number of rotatable bonds is 5. The minimum Gasteiger partial charge on any atom is -0.309 e. The molecule has 0 saturated heterocycles. The highest BCUT2D eigenvalue weighted by Crippen LogP contribution is 2.49. The summed E-state index contributed by atoms with van der Waals surface area (Å²) in [6.07, 6.45) is 0. The molecule has 0 atom stereocenters. The van der Waals surface area contributed by atoms with Crippen LogP contribution in [-0.4, -0.2) is 9.13 Å². The smallest absolute Gasteiger partial charge is 0.0619 e. The lowest BCUT2D eigenvalue weighted by Gasteiger charge is -2.13. The molecule has 0 spiro atoms. The van der Waals surface area contributed by atoms with Crippen molar-refractivity contribution in [1.82, 2.24) is 9.13 Å². The maximum atomic E-state index is 2.47. The van der Waals surface area contributed by atoms with E-state index in [0.29, 0.717) is 0 Å². The van der Waals surface area contributed by atoms with E-state index in [9.17, 15) is 0 Å². The van der Waals surface area contributed by atoms with Gasteiger partial charge in [0.2, 0.25) is 0 Å². The Kier molecular flexibility index (Phi) is 7.43. The molecule has 0 saturated carbocycles. The number of benzene rings is 11. The highest BCUT2D eigenvalue weighted by Gasteiger charge is 2.23. The summed E-state index contributed by atoms with van der Waals surface area (Å²) in [5, 5.41) is 10.1. The Labute approximate surface area is 370 Å². The molecule has 1 aliphatic rings. The highest BCUT2D eigenvalue weighted by atomic mass is 15.0. The fourth-order valence-electron chi connectivity index (χ4n) is 11.0. The van der Waals surface area contributed by atoms with Crippen LogP contribution in [0.1, 0.15) is 0 Å². The summed E-state index contributed by atoms with van der Waals surface area (Å²) in [5.41, 5.74) is 19.7. The second-order valence-corrected chi connectivity index (χ2v) is 17.2. The summed E-state index contributed by atoms with van der Waals surface area (Å²) in [5.74, 6) is 0. The van der Waals surface area contributed by atoms with Crippen molar-refractivity contribution < 1.29 is 0 Å². The van der Waals surface area contributed by atoms with Crippen LogP contribution in [0.15, 0.2) is 231 Å². The van der Waals surface area contributed by atoms with E-state index in [-0.39, 0.29) is 0 Å². The Morgan fingerprint density at radius 3 is 1.58 bits per heavy atom. The summed E-state index contributed by atoms with van der Waals surface area (Å²) in [6, 6.07) is 85.2. The minimum atomic E-state index is 1.15. The van der Waals surface area contributed by atoms with Crippen molar-refractivity contribution in [3.05, 3.63) is 231 Å². The third-order valence-corrected chi connectivity index (χ3v) is 13.8. The summed E-state index contributed by atoms with van der Waals surface area (Å²) in [4.78, 5) is 0. The zero-order valence-corrected chi connectivity index (χ0v) is 34.8. The Hall–Kier alpha value is -8.46. The van der Waals surface area contributed by atoms with Crippen LogP contribution in [0.2, 0.25) is 0 Å². The normalized spacial score (nSPS) is 12.1. The molecule has 2 aromatic heterocycles. The van der Waals surface area contributed by atoms with Gasteiger partial charge in [-0.1, -0.05) is 176 Å². The predicted octanol–water partition coefficient (Wildman–Crippen LogP) is 16.8. The third kappa shape index (κ3) is 5.08. The van der Waals surface area contributed by atoms with Crippen molar-refractivity contribution in [3.63, 3.8) is 0 Å². The van der Waals surface area contributed by atoms with Gasteiger partial charge in [0, 0.05) is 38.3 Å². The quantitative estimate of drug-likeness (QED) is 0.164. The second kappa shape index (κ2) is 13.5. The second-order valence-electron chi connectivity index (χ2n) is 17.2. The summed E-state index contributed by atoms with van der Waals surface area (Å²) >= 11 is 0. The van der Waals surface area contributed by atoms with E-state index in [1.165, 1.54) is 121 Å². The molecule has 1 aliphatic carbocycles. The number of hydrogen-bond donors (Lipinski definition) is 0. The van der Waals surface area contributed by atoms with Crippen LogP contribution in [-0.2, 0) is 0 Å². The predicted molar refractivity (Wildman–Crippen MR) is 271 cm³/mol. The molecule has 13 aromatic rings. The number of fused-ring (bicyclic) bond motifs is 11. The molecule has 0 unspecified atom stereocenters. The van der Waals surface area contributed by atoms with Crippen molar-refractivity contribution in [2.24, 2.45) is 0 Å². The molecular weight excluding hydrogens is 773 g/mol. The number of nitrogens with zero attached hydrogens (tertiary/aromatic N) is 2. The molecule has 11 aromatic carbocycles. The van der Waals surface area contributed by atoms with E-state index in [0.717, 1.165) is 11.4 Å². The van der Waals surface area contributed by atoms with Gasteiger partial charge in [-0.3, -0.25) is 0 Å². The van der Waals surface area contributed by atoms with Crippen molar-refractivity contribution in [1.29, 1.82) is 0 Å². The van der Waals surface area contributed by atoms with Gasteiger partial charge >= 0.3 is 0 Å². The standard InChI is InChI=1S/C62H38N2/c1-2-13-39(14-3-1)41-16-10-19-46(35-41)64-60-34-29-43(38-57(60)55-30-27-40-15-4-5-20-48(40)62(55)64)42-28-33-59-56(37-42)51-23-8-9-26-58(51)63(59)45-18-11-17-44(36-45)47-31-32-54-50-22-7-6-21-49(50)53-25-12-24-52(47)61(53)54/h1-38H. The SMILES string of the molecule is c1ccc(-c2cccc(-n3c4ccc(-c5ccc6c(c5)c5ccccc5n6-c5cccc(-c6ccc7c8c(cccc68)-c6ccccc6-7)c5)cc4c4ccc5ccccc5c43)c2)cc1. The lowest BCUT2D eigenvalue weighted by molar-refractivity contribution is 1.18. The van der Waals surface area contributed by atoms with Gasteiger partial charge in [0.15, 0.2) is 0 Å². The monoisotopic (exact) mass is 810 g/mol. The van der Waals surface area contributed by atoms with Gasteiger partial charge in [-0.2, -0.15) is 0 Å². The Morgan fingerprint density at radius 2 is 0.766 bits per heavy atom. The van der Waals surface area contributed by atoms with Crippen LogP contribution >= 0.6 is 0 Å². The van der Waals surface area contributed by atoms with Crippen molar-refractivity contribution in [2.75, 3.05) is 0 Å². The molecule has 0 amide bonds. The number of para-hydroxylation sites is 1. The number of aromatic nitrogens is 2. The lowest BCUT2D eigenvalue weighted by atomic mass is 9.94. The van der Waals surface area contributed by atoms with Crippen LogP contribution in [0.5, 0.6) is 0 Å². The molecule has 14 rings (SSSR count). The van der Waals surface area contributed by atoms with Gasteiger partial charge in [-0.05, 0) is 126 Å². The minimum absolute atomic E-state index is 1.15. The highest BCUT2D eigenvalue weighted by molar-refractivity contribution is 6.20. The largest absolute Gasteiger partial charge is 0.309 e. The Bertz CT molecular complexity index is 4040. The third-order valence-electron chi connectivity index (χ3n) is 13.8. The van der Waals surface area contributed by atoms with Crippen molar-refractivity contribution >= 4 is 65.2 Å². The van der Waals surface area contributed by atoms with Gasteiger partial charge in [0.25, 0.3) is 0 Å². The van der Waals surface area contributed by atoms with E-state index in [1.54, 1.807) is 0 Å². The zero-order chi connectivity index (χ0) is 41.9. The van der Waals surface area contributed by atoms with Crippen molar-refractivity contribution in [2.45, 2.75) is 0 Å². The fourth-order valence-corrected chi connectivity index (χ4v) is 11.0. The average molecular weight is 811 g/mol. The fraction of sp³-hybridized carbons (Fsp3) is 0. The van der Waals surface area contributed by atoms with E-state index < -0.39 is 0 Å². The maximum absolute atomic E-state index is 2.47. The molecule has 296 valence electrons. The Morgan fingerprint density at radius 1 is 0.234 bits per heavy atom.